The third-order valence-corrected chi connectivity index (χ3v) is 9.87. The number of pyridine rings is 1. The van der Waals surface area contributed by atoms with Crippen molar-refractivity contribution in [2.45, 2.75) is 76.3 Å². The number of amides is 1. The molecule has 1 aliphatic heterocycles. The first-order valence-electron chi connectivity index (χ1n) is 16.9. The van der Waals surface area contributed by atoms with E-state index in [1.54, 1.807) is 10.9 Å². The predicted octanol–water partition coefficient (Wildman–Crippen LogP) is 5.33. The molecule has 1 saturated heterocycles. The molecule has 3 aromatic heterocycles. The van der Waals surface area contributed by atoms with Crippen molar-refractivity contribution in [3.8, 4) is 17.2 Å². The lowest BCUT2D eigenvalue weighted by Gasteiger charge is -2.37. The Balaban J connectivity index is 1.15. The standard InChI is InChI=1S/C37H44N8O2/c1-44-25-31(24-42-44)29-14-15-33(39-22-29)35(37(47)41-21-27-7-3-2-4-8-27)28-12-10-26(11-13-28)19-34-40-23-30(20-38)36(43-34)45-17-6-5-9-32(45)16-18-46/h2-4,7-8,14-15,22-26,28,32,35,46H,5-6,9-13,16-19,21H2,1H3,(H,41,47). The Morgan fingerprint density at radius 1 is 1.02 bits per heavy atom. The van der Waals surface area contributed by atoms with E-state index in [4.69, 9.17) is 9.97 Å². The average molecular weight is 633 g/mol. The van der Waals surface area contributed by atoms with E-state index in [0.29, 0.717) is 30.3 Å². The zero-order chi connectivity index (χ0) is 32.6. The minimum absolute atomic E-state index is 0.0120. The van der Waals surface area contributed by atoms with Crippen LogP contribution in [0.25, 0.3) is 11.1 Å². The lowest BCUT2D eigenvalue weighted by Crippen LogP contribution is -2.41. The third-order valence-electron chi connectivity index (χ3n) is 9.87. The fraction of sp³-hybridized carbons (Fsp3) is 0.459. The zero-order valence-electron chi connectivity index (χ0n) is 27.1. The lowest BCUT2D eigenvalue weighted by atomic mass is 9.73. The van der Waals surface area contributed by atoms with Crippen molar-refractivity contribution >= 4 is 11.7 Å². The zero-order valence-corrected chi connectivity index (χ0v) is 27.1. The van der Waals surface area contributed by atoms with Crippen LogP contribution in [0.15, 0.2) is 67.3 Å². The molecule has 10 nitrogen and oxygen atoms in total. The van der Waals surface area contributed by atoms with Crippen LogP contribution >= 0.6 is 0 Å². The summed E-state index contributed by atoms with van der Waals surface area (Å²) in [7, 11) is 1.89. The van der Waals surface area contributed by atoms with E-state index in [2.05, 4.69) is 26.4 Å². The molecular formula is C37H44N8O2. The summed E-state index contributed by atoms with van der Waals surface area (Å²) in [5, 5.41) is 26.9. The van der Waals surface area contributed by atoms with Crippen LogP contribution in [0.4, 0.5) is 5.82 Å². The van der Waals surface area contributed by atoms with Crippen LogP contribution in [0.3, 0.4) is 0 Å². The van der Waals surface area contributed by atoms with Gasteiger partial charge in [0, 0.05) is 62.7 Å². The van der Waals surface area contributed by atoms with E-state index >= 15 is 0 Å². The van der Waals surface area contributed by atoms with Gasteiger partial charge in [0.2, 0.25) is 5.91 Å². The topological polar surface area (TPSA) is 133 Å². The highest BCUT2D eigenvalue weighted by atomic mass is 16.3. The maximum Gasteiger partial charge on any atom is 0.229 e. The first kappa shape index (κ1) is 32.3. The Hall–Kier alpha value is -4.62. The molecule has 0 radical (unpaired) electrons. The molecule has 47 heavy (non-hydrogen) atoms. The van der Waals surface area contributed by atoms with E-state index in [9.17, 15) is 15.2 Å². The van der Waals surface area contributed by atoms with Crippen molar-refractivity contribution in [1.29, 1.82) is 5.26 Å². The van der Waals surface area contributed by atoms with Crippen molar-refractivity contribution in [3.05, 3.63) is 89.9 Å². The second kappa shape index (κ2) is 15.3. The molecular weight excluding hydrogens is 588 g/mol. The van der Waals surface area contributed by atoms with Gasteiger partial charge in [-0.3, -0.25) is 14.5 Å². The van der Waals surface area contributed by atoms with Crippen LogP contribution in [-0.2, 0) is 24.8 Å². The number of carbonyl (C=O) groups is 1. The van der Waals surface area contributed by atoms with Gasteiger partial charge < -0.3 is 15.3 Å². The van der Waals surface area contributed by atoms with E-state index in [-0.39, 0.29) is 30.4 Å². The van der Waals surface area contributed by atoms with Crippen LogP contribution in [0.1, 0.15) is 79.9 Å². The number of anilines is 1. The largest absolute Gasteiger partial charge is 0.396 e. The molecule has 2 aliphatic rings. The Morgan fingerprint density at radius 3 is 2.55 bits per heavy atom. The summed E-state index contributed by atoms with van der Waals surface area (Å²) < 4.78 is 1.77. The SMILES string of the molecule is Cn1cc(-c2ccc(C(C(=O)NCc3ccccc3)C3CCC(Cc4ncc(C#N)c(N5CCCCC5CCO)n4)CC3)nc2)cn1. The van der Waals surface area contributed by atoms with E-state index in [1.165, 1.54) is 0 Å². The fourth-order valence-electron chi connectivity index (χ4n) is 7.33. The van der Waals surface area contributed by atoms with Crippen molar-refractivity contribution in [3.63, 3.8) is 0 Å². The molecule has 2 fully saturated rings. The van der Waals surface area contributed by atoms with E-state index in [0.717, 1.165) is 86.1 Å². The first-order valence-corrected chi connectivity index (χ1v) is 16.9. The molecule has 6 rings (SSSR count). The van der Waals surface area contributed by atoms with Gasteiger partial charge in [0.25, 0.3) is 0 Å². The van der Waals surface area contributed by atoms with E-state index in [1.807, 2.05) is 68.1 Å². The number of carbonyl (C=O) groups excluding carboxylic acids is 1. The number of nitriles is 1. The number of nitrogens with one attached hydrogen (secondary N) is 1. The van der Waals surface area contributed by atoms with Crippen molar-refractivity contribution in [1.82, 2.24) is 30.0 Å². The molecule has 10 heteroatoms. The summed E-state index contributed by atoms with van der Waals surface area (Å²) in [5.41, 5.74) is 4.33. The monoisotopic (exact) mass is 632 g/mol. The maximum atomic E-state index is 13.8. The van der Waals surface area contributed by atoms with Crippen molar-refractivity contribution in [2.75, 3.05) is 18.1 Å². The Kier molecular flexibility index (Phi) is 10.5. The number of aliphatic hydroxyl groups is 1. The van der Waals surface area contributed by atoms with Crippen LogP contribution in [0, 0.1) is 23.2 Å². The Morgan fingerprint density at radius 2 is 1.85 bits per heavy atom. The van der Waals surface area contributed by atoms with Gasteiger partial charge in [-0.25, -0.2) is 9.97 Å². The number of benzene rings is 1. The van der Waals surface area contributed by atoms with Crippen molar-refractivity contribution < 1.29 is 9.90 Å². The third kappa shape index (κ3) is 7.86. The Labute approximate surface area is 276 Å². The molecule has 244 valence electrons. The molecule has 1 aromatic carbocycles. The predicted molar refractivity (Wildman–Crippen MR) is 180 cm³/mol. The van der Waals surface area contributed by atoms with Gasteiger partial charge in [0.1, 0.15) is 17.5 Å². The van der Waals surface area contributed by atoms with Gasteiger partial charge in [-0.15, -0.1) is 0 Å². The molecule has 1 saturated carbocycles. The number of piperidine rings is 1. The van der Waals surface area contributed by atoms with Crippen molar-refractivity contribution in [2.24, 2.45) is 18.9 Å². The summed E-state index contributed by atoms with van der Waals surface area (Å²) in [5.74, 6) is 1.71. The second-order valence-corrected chi connectivity index (χ2v) is 13.0. The number of hydrogen-bond donors (Lipinski definition) is 2. The number of nitrogens with zero attached hydrogens (tertiary/aromatic N) is 7. The van der Waals surface area contributed by atoms with Gasteiger partial charge in [-0.2, -0.15) is 10.4 Å². The molecule has 0 spiro atoms. The summed E-state index contributed by atoms with van der Waals surface area (Å²) in [6.45, 7) is 1.44. The highest BCUT2D eigenvalue weighted by Crippen LogP contribution is 2.39. The molecule has 2 N–H and O–H groups in total. The van der Waals surface area contributed by atoms with Crippen LogP contribution < -0.4 is 10.2 Å². The summed E-state index contributed by atoms with van der Waals surface area (Å²) >= 11 is 0. The van der Waals surface area contributed by atoms with Gasteiger partial charge in [-0.1, -0.05) is 36.4 Å². The van der Waals surface area contributed by atoms with Crippen LogP contribution in [0.2, 0.25) is 0 Å². The second-order valence-electron chi connectivity index (χ2n) is 13.0. The number of aryl methyl sites for hydroxylation is 1. The molecule has 4 heterocycles. The maximum absolute atomic E-state index is 13.8. The van der Waals surface area contributed by atoms with Gasteiger partial charge in [-0.05, 0) is 74.8 Å². The minimum atomic E-state index is -0.345. The molecule has 1 amide bonds. The minimum Gasteiger partial charge on any atom is -0.396 e. The molecule has 1 aliphatic carbocycles. The molecule has 2 unspecified atom stereocenters. The number of rotatable bonds is 11. The average Bonchev–Trinajstić information content (AvgIpc) is 3.55. The van der Waals surface area contributed by atoms with Gasteiger partial charge >= 0.3 is 0 Å². The van der Waals surface area contributed by atoms with E-state index < -0.39 is 0 Å². The molecule has 2 atom stereocenters. The highest BCUT2D eigenvalue weighted by Gasteiger charge is 2.35. The fourth-order valence-corrected chi connectivity index (χ4v) is 7.33. The highest BCUT2D eigenvalue weighted by molar-refractivity contribution is 5.83. The molecule has 4 aromatic rings. The normalized spacial score (nSPS) is 20.4. The first-order chi connectivity index (χ1) is 23.0. The van der Waals surface area contributed by atoms with Gasteiger partial charge in [0.15, 0.2) is 5.82 Å². The number of aliphatic hydroxyl groups excluding tert-OH is 1. The van der Waals surface area contributed by atoms with Crippen LogP contribution in [-0.4, -0.2) is 54.9 Å². The summed E-state index contributed by atoms with van der Waals surface area (Å²) in [6, 6.07) is 16.5. The summed E-state index contributed by atoms with van der Waals surface area (Å²) in [6.07, 6.45) is 15.7. The Bertz CT molecular complexity index is 1660. The number of hydrogen-bond acceptors (Lipinski definition) is 8. The quantitative estimate of drug-likeness (QED) is 0.227. The van der Waals surface area contributed by atoms with Crippen LogP contribution in [0.5, 0.6) is 0 Å². The number of aromatic nitrogens is 5. The van der Waals surface area contributed by atoms with Gasteiger partial charge in [0.05, 0.1) is 24.0 Å². The lowest BCUT2D eigenvalue weighted by molar-refractivity contribution is -0.124. The summed E-state index contributed by atoms with van der Waals surface area (Å²) in [4.78, 5) is 30.4. The smallest absolute Gasteiger partial charge is 0.229 e. The molecule has 0 bridgehead atoms.